The predicted molar refractivity (Wildman–Crippen MR) is 55.3 cm³/mol. The van der Waals surface area contributed by atoms with Gasteiger partial charge in [-0.25, -0.2) is 5.48 Å². The highest BCUT2D eigenvalue weighted by Crippen LogP contribution is 2.29. The lowest BCUT2D eigenvalue weighted by molar-refractivity contribution is -0.191. The van der Waals surface area contributed by atoms with Crippen LogP contribution in [0.4, 0.5) is 26.3 Å². The summed E-state index contributed by atoms with van der Waals surface area (Å²) in [5.41, 5.74) is 0.886. The third-order valence-electron chi connectivity index (χ3n) is 2.07. The summed E-state index contributed by atoms with van der Waals surface area (Å²) in [6.07, 6.45) is -9.46. The van der Waals surface area contributed by atoms with Crippen molar-refractivity contribution in [3.63, 3.8) is 0 Å². The van der Waals surface area contributed by atoms with E-state index >= 15 is 0 Å². The highest BCUT2D eigenvalue weighted by atomic mass is 19.4. The molecule has 0 atom stereocenters. The number of alkyl halides is 6. The fraction of sp³-hybridized carbons (Fsp3) is 0.364. The van der Waals surface area contributed by atoms with Gasteiger partial charge in [-0.2, -0.15) is 26.3 Å². The number of benzene rings is 1. The second-order valence-electron chi connectivity index (χ2n) is 3.80. The number of halogens is 6. The van der Waals surface area contributed by atoms with E-state index in [0.29, 0.717) is 0 Å². The minimum Gasteiger partial charge on any atom is -0.272 e. The second kappa shape index (κ2) is 6.12. The van der Waals surface area contributed by atoms with E-state index < -0.39 is 36.9 Å². The van der Waals surface area contributed by atoms with Gasteiger partial charge in [0.25, 0.3) is 0 Å². The van der Waals surface area contributed by atoms with E-state index in [9.17, 15) is 31.1 Å². The Balaban J connectivity index is 2.47. The fourth-order valence-electron chi connectivity index (χ4n) is 1.23. The summed E-state index contributed by atoms with van der Waals surface area (Å²) < 4.78 is 71.9. The Labute approximate surface area is 109 Å². The van der Waals surface area contributed by atoms with E-state index in [4.69, 9.17) is 0 Å². The van der Waals surface area contributed by atoms with E-state index in [0.717, 1.165) is 24.3 Å². The highest BCUT2D eigenvalue weighted by molar-refractivity contribution is 5.77. The molecule has 0 aliphatic heterocycles. The molecule has 0 aliphatic rings. The maximum absolute atomic E-state index is 12.3. The molecule has 112 valence electrons. The molecule has 0 heterocycles. The molecule has 1 rings (SSSR count). The van der Waals surface area contributed by atoms with E-state index in [1.54, 1.807) is 5.48 Å². The number of amides is 1. The van der Waals surface area contributed by atoms with Gasteiger partial charge in [0.05, 0.1) is 12.0 Å². The summed E-state index contributed by atoms with van der Waals surface area (Å²) in [6.45, 7) is -1.65. The van der Waals surface area contributed by atoms with Gasteiger partial charge in [-0.3, -0.25) is 9.63 Å². The molecule has 1 aromatic carbocycles. The molecule has 20 heavy (non-hydrogen) atoms. The molecule has 1 N–H and O–H groups in total. The van der Waals surface area contributed by atoms with Gasteiger partial charge in [0, 0.05) is 0 Å². The highest BCUT2D eigenvalue weighted by Gasteiger charge is 2.30. The van der Waals surface area contributed by atoms with Crippen LogP contribution in [0, 0.1) is 0 Å². The van der Waals surface area contributed by atoms with Gasteiger partial charge in [-0.05, 0) is 17.7 Å². The Kier molecular flexibility index (Phi) is 4.98. The van der Waals surface area contributed by atoms with Gasteiger partial charge in [0.1, 0.15) is 0 Å². The molecule has 3 nitrogen and oxygen atoms in total. The summed E-state index contributed by atoms with van der Waals surface area (Å²) in [4.78, 5) is 15.1. The van der Waals surface area contributed by atoms with Crippen molar-refractivity contribution in [2.75, 3.05) is 6.61 Å². The Morgan fingerprint density at radius 1 is 1.05 bits per heavy atom. The first-order valence-electron chi connectivity index (χ1n) is 5.21. The van der Waals surface area contributed by atoms with E-state index in [1.165, 1.54) is 0 Å². The molecule has 0 spiro atoms. The zero-order valence-corrected chi connectivity index (χ0v) is 9.81. The molecule has 0 radical (unpaired) electrons. The molecule has 1 amide bonds. The number of carbonyl (C=O) groups is 1. The molecule has 9 heteroatoms. The van der Waals surface area contributed by atoms with Crippen molar-refractivity contribution < 1.29 is 36.0 Å². The van der Waals surface area contributed by atoms with E-state index in [-0.39, 0.29) is 5.56 Å². The fourth-order valence-corrected chi connectivity index (χ4v) is 1.23. The third kappa shape index (κ3) is 5.91. The first kappa shape index (κ1) is 16.3. The van der Waals surface area contributed by atoms with Crippen LogP contribution in [0.15, 0.2) is 24.3 Å². The van der Waals surface area contributed by atoms with Gasteiger partial charge in [-0.1, -0.05) is 12.1 Å². The summed E-state index contributed by atoms with van der Waals surface area (Å²) >= 11 is 0. The van der Waals surface area contributed by atoms with Gasteiger partial charge >= 0.3 is 12.4 Å². The minimum atomic E-state index is -4.58. The Morgan fingerprint density at radius 3 is 2.05 bits per heavy atom. The third-order valence-corrected chi connectivity index (χ3v) is 2.07. The minimum absolute atomic E-state index is 0.214. The van der Waals surface area contributed by atoms with Crippen LogP contribution >= 0.6 is 0 Å². The first-order chi connectivity index (χ1) is 9.08. The zero-order chi connectivity index (χ0) is 15.4. The summed E-state index contributed by atoms with van der Waals surface area (Å²) in [7, 11) is 0. The van der Waals surface area contributed by atoms with Crippen LogP contribution < -0.4 is 5.48 Å². The van der Waals surface area contributed by atoms with Crippen LogP contribution in [-0.4, -0.2) is 18.7 Å². The number of hydrogen-bond acceptors (Lipinski definition) is 2. The van der Waals surface area contributed by atoms with Crippen molar-refractivity contribution in [1.82, 2.24) is 5.48 Å². The average Bonchev–Trinajstić information content (AvgIpc) is 2.26. The molecule has 0 aromatic heterocycles. The van der Waals surface area contributed by atoms with Crippen LogP contribution in [0.3, 0.4) is 0 Å². The Hall–Kier alpha value is -1.77. The van der Waals surface area contributed by atoms with Crippen molar-refractivity contribution in [3.8, 4) is 0 Å². The lowest BCUT2D eigenvalue weighted by Gasteiger charge is -2.09. The monoisotopic (exact) mass is 301 g/mol. The molecule has 0 saturated heterocycles. The van der Waals surface area contributed by atoms with Crippen LogP contribution in [0.5, 0.6) is 0 Å². The maximum Gasteiger partial charge on any atom is 0.416 e. The van der Waals surface area contributed by atoms with Crippen LogP contribution in [0.1, 0.15) is 11.1 Å². The molecular formula is C11H9F6NO2. The second-order valence-corrected chi connectivity index (χ2v) is 3.80. The topological polar surface area (TPSA) is 38.3 Å². The van der Waals surface area contributed by atoms with Gasteiger partial charge in [0.2, 0.25) is 5.91 Å². The summed E-state index contributed by atoms with van der Waals surface area (Å²) in [6, 6.07) is 3.68. The lowest BCUT2D eigenvalue weighted by atomic mass is 10.1. The molecular weight excluding hydrogens is 292 g/mol. The molecule has 1 aromatic rings. The van der Waals surface area contributed by atoms with Crippen molar-refractivity contribution in [1.29, 1.82) is 0 Å². The Morgan fingerprint density at radius 2 is 1.60 bits per heavy atom. The van der Waals surface area contributed by atoms with E-state index in [2.05, 4.69) is 4.84 Å². The molecule has 0 fully saturated rings. The molecule has 0 bridgehead atoms. The van der Waals surface area contributed by atoms with Crippen molar-refractivity contribution in [2.24, 2.45) is 0 Å². The quantitative estimate of drug-likeness (QED) is 0.686. The van der Waals surface area contributed by atoms with Crippen LogP contribution in [0.2, 0.25) is 0 Å². The first-order valence-corrected chi connectivity index (χ1v) is 5.21. The standard InChI is InChI=1S/C11H9F6NO2/c12-10(13,14)6-20-18-9(19)5-7-1-3-8(4-2-7)11(15,16)17/h1-4H,5-6H2,(H,18,19). The maximum atomic E-state index is 12.3. The molecule has 0 unspecified atom stereocenters. The zero-order valence-electron chi connectivity index (χ0n) is 9.81. The van der Waals surface area contributed by atoms with Gasteiger partial charge in [0.15, 0.2) is 6.61 Å². The number of nitrogens with one attached hydrogen (secondary N) is 1. The lowest BCUT2D eigenvalue weighted by Crippen LogP contribution is -2.30. The summed E-state index contributed by atoms with van der Waals surface area (Å²) in [5, 5.41) is 0. The number of hydrogen-bond donors (Lipinski definition) is 1. The number of hydroxylamine groups is 1. The summed E-state index contributed by atoms with van der Waals surface area (Å²) in [5.74, 6) is -0.894. The molecule has 0 aliphatic carbocycles. The SMILES string of the molecule is O=C(Cc1ccc(C(F)(F)F)cc1)NOCC(F)(F)F. The van der Waals surface area contributed by atoms with Gasteiger partial charge in [-0.15, -0.1) is 0 Å². The van der Waals surface area contributed by atoms with Crippen molar-refractivity contribution in [3.05, 3.63) is 35.4 Å². The number of carbonyl (C=O) groups excluding carboxylic acids is 1. The van der Waals surface area contributed by atoms with Crippen LogP contribution in [0.25, 0.3) is 0 Å². The predicted octanol–water partition coefficient (Wildman–Crippen LogP) is 2.86. The van der Waals surface area contributed by atoms with Gasteiger partial charge < -0.3 is 0 Å². The van der Waals surface area contributed by atoms with Crippen molar-refractivity contribution in [2.45, 2.75) is 18.8 Å². The average molecular weight is 301 g/mol. The largest absolute Gasteiger partial charge is 0.416 e. The van der Waals surface area contributed by atoms with Crippen LogP contribution in [-0.2, 0) is 22.2 Å². The van der Waals surface area contributed by atoms with E-state index in [1.807, 2.05) is 0 Å². The normalized spacial score (nSPS) is 12.3. The molecule has 0 saturated carbocycles. The number of rotatable bonds is 4. The van der Waals surface area contributed by atoms with Crippen molar-refractivity contribution >= 4 is 5.91 Å². The smallest absolute Gasteiger partial charge is 0.272 e. The Bertz CT molecular complexity index is 451.